The predicted octanol–water partition coefficient (Wildman–Crippen LogP) is 5.62. The van der Waals surface area contributed by atoms with Gasteiger partial charge in [0.2, 0.25) is 0 Å². The Labute approximate surface area is 214 Å². The number of ether oxygens (including phenoxy) is 1. The van der Waals surface area contributed by atoms with Gasteiger partial charge in [-0.2, -0.15) is 13.2 Å². The van der Waals surface area contributed by atoms with Crippen LogP contribution in [0.3, 0.4) is 0 Å². The van der Waals surface area contributed by atoms with Gasteiger partial charge in [0.05, 0.1) is 5.56 Å². The van der Waals surface area contributed by atoms with Crippen LogP contribution in [0.15, 0.2) is 54.7 Å². The molecule has 1 aromatic heterocycles. The highest BCUT2D eigenvalue weighted by molar-refractivity contribution is 5.96. The molecule has 0 saturated carbocycles. The van der Waals surface area contributed by atoms with E-state index in [4.69, 9.17) is 10.5 Å². The van der Waals surface area contributed by atoms with Crippen molar-refractivity contribution in [2.75, 3.05) is 18.8 Å². The lowest BCUT2D eigenvalue weighted by Crippen LogP contribution is -2.55. The Morgan fingerprint density at radius 2 is 1.81 bits per heavy atom. The zero-order chi connectivity index (χ0) is 26.9. The molecule has 3 N–H and O–H groups in total. The van der Waals surface area contributed by atoms with E-state index < -0.39 is 17.8 Å². The molecule has 196 valence electrons. The first-order valence-electron chi connectivity index (χ1n) is 12.2. The van der Waals surface area contributed by atoms with Crippen molar-refractivity contribution in [2.24, 2.45) is 0 Å². The number of aromatic nitrogens is 1. The number of nitrogen functional groups attached to an aromatic ring is 1. The second-order valence-electron chi connectivity index (χ2n) is 9.70. The van der Waals surface area contributed by atoms with Gasteiger partial charge in [0, 0.05) is 42.5 Å². The van der Waals surface area contributed by atoms with Gasteiger partial charge in [0.15, 0.2) is 11.6 Å². The van der Waals surface area contributed by atoms with Gasteiger partial charge in [-0.3, -0.25) is 4.79 Å². The number of benzene rings is 2. The van der Waals surface area contributed by atoms with Crippen molar-refractivity contribution < 1.29 is 22.7 Å². The Morgan fingerprint density at radius 1 is 1.11 bits per heavy atom. The first kappa shape index (κ1) is 26.5. The number of aryl methyl sites for hydroxylation is 1. The molecule has 3 aromatic rings. The average molecular weight is 513 g/mol. The third-order valence-corrected chi connectivity index (χ3v) is 6.50. The quantitative estimate of drug-likeness (QED) is 0.464. The fraction of sp³-hybridized carbons (Fsp3) is 0.357. The SMILES string of the molecule is Cc1cc(-c2cnc(N)c(OC(C)c3cccc(C(F)(F)F)c3)c2)ccc1C(=O)N1CC(C)NC(C)C1. The highest BCUT2D eigenvalue weighted by Gasteiger charge is 2.31. The molecule has 0 bridgehead atoms. The molecular weight excluding hydrogens is 481 g/mol. The Balaban J connectivity index is 1.55. The second-order valence-corrected chi connectivity index (χ2v) is 9.70. The van der Waals surface area contributed by atoms with E-state index >= 15 is 0 Å². The van der Waals surface area contributed by atoms with E-state index in [0.29, 0.717) is 29.8 Å². The normalized spacial score (nSPS) is 18.9. The summed E-state index contributed by atoms with van der Waals surface area (Å²) in [6, 6.07) is 12.8. The Hall–Kier alpha value is -3.59. The van der Waals surface area contributed by atoms with Crippen LogP contribution in [0.2, 0.25) is 0 Å². The highest BCUT2D eigenvalue weighted by Crippen LogP contribution is 2.34. The zero-order valence-electron chi connectivity index (χ0n) is 21.3. The number of piperazine rings is 1. The number of alkyl halides is 3. The lowest BCUT2D eigenvalue weighted by Gasteiger charge is -2.36. The first-order valence-corrected chi connectivity index (χ1v) is 12.2. The molecule has 1 amide bonds. The average Bonchev–Trinajstić information content (AvgIpc) is 2.84. The molecule has 3 unspecified atom stereocenters. The van der Waals surface area contributed by atoms with Crippen LogP contribution in [0.25, 0.3) is 11.1 Å². The Morgan fingerprint density at radius 3 is 2.46 bits per heavy atom. The van der Waals surface area contributed by atoms with Gasteiger partial charge in [-0.1, -0.05) is 24.3 Å². The molecule has 1 saturated heterocycles. The number of hydrogen-bond donors (Lipinski definition) is 2. The monoisotopic (exact) mass is 512 g/mol. The molecule has 0 aliphatic carbocycles. The van der Waals surface area contributed by atoms with Crippen molar-refractivity contribution in [3.05, 3.63) is 77.0 Å². The van der Waals surface area contributed by atoms with Crippen LogP contribution in [0.1, 0.15) is 53.9 Å². The molecule has 2 aromatic carbocycles. The van der Waals surface area contributed by atoms with Crippen molar-refractivity contribution in [3.63, 3.8) is 0 Å². The molecule has 6 nitrogen and oxygen atoms in total. The molecule has 0 spiro atoms. The summed E-state index contributed by atoms with van der Waals surface area (Å²) in [6.07, 6.45) is -3.52. The third kappa shape index (κ3) is 6.05. The van der Waals surface area contributed by atoms with E-state index in [2.05, 4.69) is 24.1 Å². The van der Waals surface area contributed by atoms with Crippen LogP contribution in [-0.2, 0) is 6.18 Å². The highest BCUT2D eigenvalue weighted by atomic mass is 19.4. The molecule has 3 atom stereocenters. The summed E-state index contributed by atoms with van der Waals surface area (Å²) < 4.78 is 45.3. The molecule has 1 aliphatic heterocycles. The fourth-order valence-corrected chi connectivity index (χ4v) is 4.68. The number of halogens is 3. The van der Waals surface area contributed by atoms with E-state index in [1.54, 1.807) is 25.3 Å². The number of carbonyl (C=O) groups excluding carboxylic acids is 1. The van der Waals surface area contributed by atoms with Crippen molar-refractivity contribution in [2.45, 2.75) is 52.1 Å². The summed E-state index contributed by atoms with van der Waals surface area (Å²) in [4.78, 5) is 19.3. The van der Waals surface area contributed by atoms with Gasteiger partial charge in [-0.05, 0) is 68.7 Å². The maximum absolute atomic E-state index is 13.2. The van der Waals surface area contributed by atoms with E-state index in [-0.39, 0.29) is 29.6 Å². The van der Waals surface area contributed by atoms with E-state index in [1.165, 1.54) is 6.07 Å². The topological polar surface area (TPSA) is 80.5 Å². The minimum Gasteiger partial charge on any atom is -0.482 e. The number of hydrogen-bond acceptors (Lipinski definition) is 5. The number of nitrogens with zero attached hydrogens (tertiary/aromatic N) is 2. The summed E-state index contributed by atoms with van der Waals surface area (Å²) in [7, 11) is 0. The number of pyridine rings is 1. The number of rotatable bonds is 5. The van der Waals surface area contributed by atoms with Crippen LogP contribution < -0.4 is 15.8 Å². The van der Waals surface area contributed by atoms with Gasteiger partial charge >= 0.3 is 6.18 Å². The summed E-state index contributed by atoms with van der Waals surface area (Å²) in [5.41, 5.74) is 8.66. The Bertz CT molecular complexity index is 1280. The maximum atomic E-state index is 13.2. The summed E-state index contributed by atoms with van der Waals surface area (Å²) in [5, 5.41) is 3.43. The van der Waals surface area contributed by atoms with E-state index in [1.807, 2.05) is 30.0 Å². The molecular formula is C28H31F3N4O2. The number of nitrogens with two attached hydrogens (primary N) is 1. The van der Waals surface area contributed by atoms with Crippen LogP contribution >= 0.6 is 0 Å². The van der Waals surface area contributed by atoms with Gasteiger partial charge in [0.25, 0.3) is 5.91 Å². The number of carbonyl (C=O) groups is 1. The molecule has 2 heterocycles. The fourth-order valence-electron chi connectivity index (χ4n) is 4.68. The molecule has 37 heavy (non-hydrogen) atoms. The largest absolute Gasteiger partial charge is 0.482 e. The first-order chi connectivity index (χ1) is 17.4. The molecule has 0 radical (unpaired) electrons. The van der Waals surface area contributed by atoms with Crippen molar-refractivity contribution in [3.8, 4) is 16.9 Å². The molecule has 9 heteroatoms. The van der Waals surface area contributed by atoms with Crippen molar-refractivity contribution in [1.29, 1.82) is 0 Å². The number of amides is 1. The van der Waals surface area contributed by atoms with Crippen molar-refractivity contribution in [1.82, 2.24) is 15.2 Å². The van der Waals surface area contributed by atoms with E-state index in [0.717, 1.165) is 23.3 Å². The molecule has 1 fully saturated rings. The van der Waals surface area contributed by atoms with Crippen molar-refractivity contribution >= 4 is 11.7 Å². The molecule has 1 aliphatic rings. The van der Waals surface area contributed by atoms with Gasteiger partial charge < -0.3 is 20.7 Å². The number of anilines is 1. The summed E-state index contributed by atoms with van der Waals surface area (Å²) >= 11 is 0. The van der Waals surface area contributed by atoms with Gasteiger partial charge in [-0.15, -0.1) is 0 Å². The maximum Gasteiger partial charge on any atom is 0.416 e. The standard InChI is InChI=1S/C28H31F3N4O2/c1-16-10-21(8-9-24(16)27(36)35-14-17(2)34-18(3)15-35)22-12-25(26(32)33-13-22)37-19(4)20-6-5-7-23(11-20)28(29,30)31/h5-13,17-19,34H,14-15H2,1-4H3,(H2,32,33). The zero-order valence-corrected chi connectivity index (χ0v) is 21.3. The summed E-state index contributed by atoms with van der Waals surface area (Å²) in [6.45, 7) is 8.97. The van der Waals surface area contributed by atoms with E-state index in [9.17, 15) is 18.0 Å². The van der Waals surface area contributed by atoms with Gasteiger partial charge in [0.1, 0.15) is 6.10 Å². The summed E-state index contributed by atoms with van der Waals surface area (Å²) in [5.74, 6) is 0.399. The minimum absolute atomic E-state index is 0.00128. The van der Waals surface area contributed by atoms with Crippen LogP contribution in [-0.4, -0.2) is 41.0 Å². The van der Waals surface area contributed by atoms with Crippen LogP contribution in [0.4, 0.5) is 19.0 Å². The van der Waals surface area contributed by atoms with Crippen LogP contribution in [0, 0.1) is 6.92 Å². The van der Waals surface area contributed by atoms with Crippen LogP contribution in [0.5, 0.6) is 5.75 Å². The molecule has 4 rings (SSSR count). The lowest BCUT2D eigenvalue weighted by molar-refractivity contribution is -0.137. The van der Waals surface area contributed by atoms with Gasteiger partial charge in [-0.25, -0.2) is 4.98 Å². The lowest BCUT2D eigenvalue weighted by atomic mass is 9.99. The second kappa shape index (κ2) is 10.4. The smallest absolute Gasteiger partial charge is 0.416 e. The predicted molar refractivity (Wildman–Crippen MR) is 137 cm³/mol. The number of nitrogens with one attached hydrogen (secondary N) is 1. The Kier molecular flexibility index (Phi) is 7.45. The third-order valence-electron chi connectivity index (χ3n) is 6.50. The minimum atomic E-state index is -4.44.